The number of benzene rings is 3. The number of halogens is 3. The Kier molecular flexibility index (Phi) is 6.77. The van der Waals surface area contributed by atoms with Crippen LogP contribution in [0, 0.1) is 0 Å². The second-order valence-corrected chi connectivity index (χ2v) is 9.94. The quantitative estimate of drug-likeness (QED) is 0.536. The maximum absolute atomic E-state index is 13.5. The molecular weight excluding hydrogens is 465 g/mol. The first-order chi connectivity index (χ1) is 16.2. The van der Waals surface area contributed by atoms with Crippen molar-refractivity contribution in [1.82, 2.24) is 9.21 Å². The summed E-state index contributed by atoms with van der Waals surface area (Å²) in [5.41, 5.74) is 0.784. The lowest BCUT2D eigenvalue weighted by atomic mass is 9.90. The zero-order chi connectivity index (χ0) is 24.3. The Bertz CT molecular complexity index is 1180. The van der Waals surface area contributed by atoms with Gasteiger partial charge in [-0.1, -0.05) is 60.7 Å². The monoisotopic (exact) mass is 488 g/mol. The molecule has 1 aliphatic rings. The van der Waals surface area contributed by atoms with Crippen molar-refractivity contribution in [1.29, 1.82) is 0 Å². The summed E-state index contributed by atoms with van der Waals surface area (Å²) in [5.74, 6) is -0.635. The first kappa shape index (κ1) is 24.0. The molecule has 0 radical (unpaired) electrons. The fourth-order valence-electron chi connectivity index (χ4n) is 4.06. The van der Waals surface area contributed by atoms with E-state index < -0.39 is 27.7 Å². The van der Waals surface area contributed by atoms with Crippen LogP contribution in [0.25, 0.3) is 0 Å². The molecule has 0 N–H and O–H groups in total. The Morgan fingerprint density at radius 3 is 1.65 bits per heavy atom. The summed E-state index contributed by atoms with van der Waals surface area (Å²) in [6.45, 7) is 0.501. The van der Waals surface area contributed by atoms with Crippen molar-refractivity contribution in [2.24, 2.45) is 0 Å². The van der Waals surface area contributed by atoms with E-state index in [4.69, 9.17) is 0 Å². The Balaban J connectivity index is 1.49. The molecule has 0 unspecified atom stereocenters. The maximum Gasteiger partial charge on any atom is 0.416 e. The highest BCUT2D eigenvalue weighted by molar-refractivity contribution is 7.89. The molecule has 0 spiro atoms. The van der Waals surface area contributed by atoms with Gasteiger partial charge >= 0.3 is 6.18 Å². The number of rotatable bonds is 5. The van der Waals surface area contributed by atoms with Crippen LogP contribution in [0.3, 0.4) is 0 Å². The summed E-state index contributed by atoms with van der Waals surface area (Å²) in [7, 11) is -3.97. The average molecular weight is 489 g/mol. The molecule has 0 bridgehead atoms. The molecule has 1 amide bonds. The Morgan fingerprint density at radius 2 is 1.21 bits per heavy atom. The van der Waals surface area contributed by atoms with E-state index in [9.17, 15) is 26.4 Å². The fraction of sp³-hybridized carbons (Fsp3) is 0.240. The van der Waals surface area contributed by atoms with Crippen LogP contribution in [0.4, 0.5) is 13.2 Å². The Hall–Kier alpha value is -3.17. The normalized spacial score (nSPS) is 15.5. The number of sulfonamides is 1. The van der Waals surface area contributed by atoms with Gasteiger partial charge in [0.2, 0.25) is 15.9 Å². The fourth-order valence-corrected chi connectivity index (χ4v) is 5.49. The second kappa shape index (κ2) is 9.60. The highest BCUT2D eigenvalue weighted by atomic mass is 32.2. The molecular formula is C25H23F3N2O3S. The number of hydrogen-bond donors (Lipinski definition) is 0. The van der Waals surface area contributed by atoms with Crippen LogP contribution in [0.1, 0.15) is 22.6 Å². The lowest BCUT2D eigenvalue weighted by Gasteiger charge is -2.36. The molecule has 5 nitrogen and oxygen atoms in total. The number of piperazine rings is 1. The number of carbonyl (C=O) groups is 1. The van der Waals surface area contributed by atoms with Gasteiger partial charge in [-0.05, 0) is 35.4 Å². The van der Waals surface area contributed by atoms with Gasteiger partial charge in [0.15, 0.2) is 0 Å². The molecule has 0 aromatic heterocycles. The first-order valence-electron chi connectivity index (χ1n) is 10.7. The van der Waals surface area contributed by atoms with Crippen molar-refractivity contribution in [3.05, 3.63) is 102 Å². The molecule has 1 aliphatic heterocycles. The molecule has 0 saturated carbocycles. The van der Waals surface area contributed by atoms with Gasteiger partial charge in [-0.2, -0.15) is 17.5 Å². The third kappa shape index (κ3) is 5.00. The van der Waals surface area contributed by atoms with Gasteiger partial charge < -0.3 is 4.90 Å². The van der Waals surface area contributed by atoms with Crippen LogP contribution in [-0.4, -0.2) is 49.7 Å². The molecule has 1 saturated heterocycles. The van der Waals surface area contributed by atoms with Crippen LogP contribution >= 0.6 is 0 Å². The van der Waals surface area contributed by atoms with Crippen LogP contribution in [0.5, 0.6) is 0 Å². The van der Waals surface area contributed by atoms with E-state index in [1.54, 1.807) is 4.90 Å². The standard InChI is InChI=1S/C25H23F3N2O3S/c26-25(27,28)21-11-13-22(14-12-21)34(32,33)30-17-15-29(16-18-30)24(31)23(19-7-3-1-4-8-19)20-9-5-2-6-10-20/h1-14,23H,15-18H2. The van der Waals surface area contributed by atoms with Gasteiger partial charge in [-0.3, -0.25) is 4.79 Å². The molecule has 3 aromatic rings. The maximum atomic E-state index is 13.5. The van der Waals surface area contributed by atoms with E-state index in [0.29, 0.717) is 0 Å². The zero-order valence-electron chi connectivity index (χ0n) is 18.1. The van der Waals surface area contributed by atoms with Crippen LogP contribution < -0.4 is 0 Å². The topological polar surface area (TPSA) is 57.7 Å². The van der Waals surface area contributed by atoms with Gasteiger partial charge in [0.1, 0.15) is 0 Å². The van der Waals surface area contributed by atoms with Crippen molar-refractivity contribution >= 4 is 15.9 Å². The van der Waals surface area contributed by atoms with Crippen LogP contribution in [0.15, 0.2) is 89.8 Å². The average Bonchev–Trinajstić information content (AvgIpc) is 2.85. The molecule has 0 aliphatic carbocycles. The molecule has 1 fully saturated rings. The molecule has 0 atom stereocenters. The minimum Gasteiger partial charge on any atom is -0.339 e. The lowest BCUT2D eigenvalue weighted by Crippen LogP contribution is -2.51. The summed E-state index contributed by atoms with van der Waals surface area (Å²) in [6.07, 6.45) is -4.54. The van der Waals surface area contributed by atoms with Crippen molar-refractivity contribution in [2.45, 2.75) is 17.0 Å². The van der Waals surface area contributed by atoms with E-state index in [1.165, 1.54) is 4.31 Å². The molecule has 9 heteroatoms. The number of hydrogen-bond acceptors (Lipinski definition) is 3. The first-order valence-corrected chi connectivity index (χ1v) is 12.2. The van der Waals surface area contributed by atoms with Crippen molar-refractivity contribution in [3.63, 3.8) is 0 Å². The summed E-state index contributed by atoms with van der Waals surface area (Å²) in [6, 6.07) is 22.2. The van der Waals surface area contributed by atoms with Gasteiger partial charge in [-0.25, -0.2) is 8.42 Å². The summed E-state index contributed by atoms with van der Waals surface area (Å²) in [4.78, 5) is 14.9. The summed E-state index contributed by atoms with van der Waals surface area (Å²) < 4.78 is 65.5. The van der Waals surface area contributed by atoms with E-state index in [0.717, 1.165) is 35.4 Å². The molecule has 1 heterocycles. The van der Waals surface area contributed by atoms with Crippen molar-refractivity contribution < 1.29 is 26.4 Å². The summed E-state index contributed by atoms with van der Waals surface area (Å²) in [5, 5.41) is 0. The number of amides is 1. The third-order valence-corrected chi connectivity index (χ3v) is 7.80. The highest BCUT2D eigenvalue weighted by Crippen LogP contribution is 2.31. The number of carbonyl (C=O) groups excluding carboxylic acids is 1. The van der Waals surface area contributed by atoms with Gasteiger partial charge in [0, 0.05) is 26.2 Å². The van der Waals surface area contributed by atoms with Crippen molar-refractivity contribution in [2.75, 3.05) is 26.2 Å². The van der Waals surface area contributed by atoms with Gasteiger partial charge in [0.05, 0.1) is 16.4 Å². The van der Waals surface area contributed by atoms with Crippen molar-refractivity contribution in [3.8, 4) is 0 Å². The molecule has 34 heavy (non-hydrogen) atoms. The van der Waals surface area contributed by atoms with E-state index in [1.807, 2.05) is 60.7 Å². The lowest BCUT2D eigenvalue weighted by molar-refractivity contribution is -0.137. The third-order valence-electron chi connectivity index (χ3n) is 5.88. The van der Waals surface area contributed by atoms with E-state index in [-0.39, 0.29) is 37.0 Å². The van der Waals surface area contributed by atoms with Crippen LogP contribution in [-0.2, 0) is 21.0 Å². The smallest absolute Gasteiger partial charge is 0.339 e. The van der Waals surface area contributed by atoms with E-state index >= 15 is 0 Å². The Morgan fingerprint density at radius 1 is 0.735 bits per heavy atom. The largest absolute Gasteiger partial charge is 0.416 e. The predicted octanol–water partition coefficient (Wildman–Crippen LogP) is 4.37. The SMILES string of the molecule is O=C(C(c1ccccc1)c1ccccc1)N1CCN(S(=O)(=O)c2ccc(C(F)(F)F)cc2)CC1. The Labute approximate surface area is 196 Å². The van der Waals surface area contributed by atoms with E-state index in [2.05, 4.69) is 0 Å². The minimum absolute atomic E-state index is 0.0609. The molecule has 178 valence electrons. The molecule has 4 rings (SSSR count). The predicted molar refractivity (Wildman–Crippen MR) is 122 cm³/mol. The second-order valence-electron chi connectivity index (χ2n) is 8.01. The zero-order valence-corrected chi connectivity index (χ0v) is 19.0. The van der Waals surface area contributed by atoms with Gasteiger partial charge in [0.25, 0.3) is 0 Å². The minimum atomic E-state index is -4.54. The number of nitrogens with zero attached hydrogens (tertiary/aromatic N) is 2. The molecule has 3 aromatic carbocycles. The van der Waals surface area contributed by atoms with Gasteiger partial charge in [-0.15, -0.1) is 0 Å². The van der Waals surface area contributed by atoms with Crippen LogP contribution in [0.2, 0.25) is 0 Å². The summed E-state index contributed by atoms with van der Waals surface area (Å²) >= 11 is 0. The highest BCUT2D eigenvalue weighted by Gasteiger charge is 2.35. The number of alkyl halides is 3.